The van der Waals surface area contributed by atoms with E-state index in [0.717, 1.165) is 36.2 Å². The van der Waals surface area contributed by atoms with Gasteiger partial charge in [0.25, 0.3) is 0 Å². The highest BCUT2D eigenvalue weighted by atomic mass is 32.1. The lowest BCUT2D eigenvalue weighted by Crippen LogP contribution is -2.35. The summed E-state index contributed by atoms with van der Waals surface area (Å²) < 4.78 is 5.29. The Labute approximate surface area is 114 Å². The molecule has 1 saturated heterocycles. The predicted molar refractivity (Wildman–Crippen MR) is 72.3 cm³/mol. The average Bonchev–Trinajstić information content (AvgIpc) is 2.88. The highest BCUT2D eigenvalue weighted by Crippen LogP contribution is 2.25. The Morgan fingerprint density at radius 1 is 1.42 bits per heavy atom. The molecule has 0 atom stereocenters. The molecule has 0 bridgehead atoms. The summed E-state index contributed by atoms with van der Waals surface area (Å²) in [4.78, 5) is 24.5. The van der Waals surface area contributed by atoms with E-state index in [0.29, 0.717) is 0 Å². The topological polar surface area (TPSA) is 97.0 Å². The van der Waals surface area contributed by atoms with Crippen LogP contribution < -0.4 is 16.1 Å². The van der Waals surface area contributed by atoms with Gasteiger partial charge in [0.1, 0.15) is 0 Å². The van der Waals surface area contributed by atoms with Crippen LogP contribution in [0.1, 0.15) is 4.88 Å². The van der Waals surface area contributed by atoms with Crippen LogP contribution in [-0.2, 0) is 14.3 Å². The van der Waals surface area contributed by atoms with E-state index in [-0.39, 0.29) is 0 Å². The van der Waals surface area contributed by atoms with E-state index in [1.165, 1.54) is 6.21 Å². The standard InChI is InChI=1S/C11H14N4O3S/c12-10(16)11(17)14-13-7-8-1-2-9(19-8)15-3-5-18-6-4-15/h1-2,7H,3-6H2,(H2,12,16)(H,14,17)/b13-7+. The summed E-state index contributed by atoms with van der Waals surface area (Å²) in [6, 6.07) is 3.89. The summed E-state index contributed by atoms with van der Waals surface area (Å²) in [6.07, 6.45) is 1.48. The zero-order valence-corrected chi connectivity index (χ0v) is 11.0. The number of nitrogens with zero attached hydrogens (tertiary/aromatic N) is 2. The van der Waals surface area contributed by atoms with E-state index in [2.05, 4.69) is 10.0 Å². The molecule has 0 aromatic carbocycles. The zero-order valence-electron chi connectivity index (χ0n) is 10.2. The average molecular weight is 282 g/mol. The number of nitrogens with two attached hydrogens (primary N) is 1. The van der Waals surface area contributed by atoms with Crippen molar-refractivity contribution in [3.05, 3.63) is 17.0 Å². The van der Waals surface area contributed by atoms with Crippen molar-refractivity contribution in [1.29, 1.82) is 0 Å². The lowest BCUT2D eigenvalue weighted by Gasteiger charge is -2.27. The van der Waals surface area contributed by atoms with Crippen molar-refractivity contribution in [2.45, 2.75) is 0 Å². The summed E-state index contributed by atoms with van der Waals surface area (Å²) in [6.45, 7) is 3.21. The van der Waals surface area contributed by atoms with Crippen LogP contribution in [-0.4, -0.2) is 44.3 Å². The summed E-state index contributed by atoms with van der Waals surface area (Å²) in [5.41, 5.74) is 6.82. The maximum atomic E-state index is 10.9. The Balaban J connectivity index is 1.91. The van der Waals surface area contributed by atoms with Crippen molar-refractivity contribution in [1.82, 2.24) is 5.43 Å². The molecule has 1 aromatic rings. The molecule has 19 heavy (non-hydrogen) atoms. The number of nitrogens with one attached hydrogen (secondary N) is 1. The molecule has 0 radical (unpaired) electrons. The second kappa shape index (κ2) is 6.30. The van der Waals surface area contributed by atoms with Crippen LogP contribution in [0.3, 0.4) is 0 Å². The van der Waals surface area contributed by atoms with Crippen molar-refractivity contribution >= 4 is 34.4 Å². The van der Waals surface area contributed by atoms with Gasteiger partial charge < -0.3 is 15.4 Å². The fourth-order valence-corrected chi connectivity index (χ4v) is 2.51. The van der Waals surface area contributed by atoms with Crippen LogP contribution in [0.5, 0.6) is 0 Å². The molecular formula is C11H14N4O3S. The van der Waals surface area contributed by atoms with Gasteiger partial charge in [-0.25, -0.2) is 5.43 Å². The Morgan fingerprint density at radius 3 is 2.84 bits per heavy atom. The van der Waals surface area contributed by atoms with Gasteiger partial charge in [-0.2, -0.15) is 5.10 Å². The Kier molecular flexibility index (Phi) is 4.48. The van der Waals surface area contributed by atoms with E-state index >= 15 is 0 Å². The number of thiophene rings is 1. The van der Waals surface area contributed by atoms with Crippen LogP contribution in [0, 0.1) is 0 Å². The lowest BCUT2D eigenvalue weighted by molar-refractivity contribution is -0.137. The number of hydrazone groups is 1. The van der Waals surface area contributed by atoms with E-state index < -0.39 is 11.8 Å². The monoisotopic (exact) mass is 282 g/mol. The first-order valence-electron chi connectivity index (χ1n) is 5.72. The first-order chi connectivity index (χ1) is 9.16. The maximum Gasteiger partial charge on any atom is 0.329 e. The molecule has 1 fully saturated rings. The van der Waals surface area contributed by atoms with Crippen LogP contribution in [0.25, 0.3) is 0 Å². The maximum absolute atomic E-state index is 10.9. The van der Waals surface area contributed by atoms with E-state index in [9.17, 15) is 9.59 Å². The molecule has 2 amide bonds. The number of carbonyl (C=O) groups excluding carboxylic acids is 2. The van der Waals surface area contributed by atoms with Crippen LogP contribution in [0.4, 0.5) is 5.00 Å². The highest BCUT2D eigenvalue weighted by Gasteiger charge is 2.12. The van der Waals surface area contributed by atoms with Crippen molar-refractivity contribution in [2.24, 2.45) is 10.8 Å². The molecule has 102 valence electrons. The van der Waals surface area contributed by atoms with Gasteiger partial charge in [-0.1, -0.05) is 0 Å². The quantitative estimate of drug-likeness (QED) is 0.444. The molecule has 2 heterocycles. The normalized spacial score (nSPS) is 15.7. The smallest absolute Gasteiger partial charge is 0.329 e. The molecule has 0 saturated carbocycles. The van der Waals surface area contributed by atoms with Gasteiger partial charge in [-0.05, 0) is 12.1 Å². The number of rotatable bonds is 3. The molecule has 2 rings (SSSR count). The minimum atomic E-state index is -1.06. The first kappa shape index (κ1) is 13.5. The molecule has 0 spiro atoms. The Hall–Kier alpha value is -1.93. The van der Waals surface area contributed by atoms with Gasteiger partial charge in [-0.3, -0.25) is 9.59 Å². The van der Waals surface area contributed by atoms with Gasteiger partial charge in [0.15, 0.2) is 0 Å². The molecule has 1 aliphatic heterocycles. The minimum Gasteiger partial charge on any atom is -0.378 e. The number of ether oxygens (including phenoxy) is 1. The third-order valence-electron chi connectivity index (χ3n) is 2.52. The zero-order chi connectivity index (χ0) is 13.7. The number of anilines is 1. The third-order valence-corrected chi connectivity index (χ3v) is 3.60. The number of carbonyl (C=O) groups is 2. The predicted octanol–water partition coefficient (Wildman–Crippen LogP) is -0.480. The van der Waals surface area contributed by atoms with Crippen molar-refractivity contribution in [2.75, 3.05) is 31.2 Å². The fourth-order valence-electron chi connectivity index (χ4n) is 1.57. The summed E-state index contributed by atoms with van der Waals surface area (Å²) in [5, 5.41) is 4.79. The fraction of sp³-hybridized carbons (Fsp3) is 0.364. The van der Waals surface area contributed by atoms with Gasteiger partial charge in [0, 0.05) is 18.0 Å². The van der Waals surface area contributed by atoms with Crippen molar-refractivity contribution in [3.63, 3.8) is 0 Å². The van der Waals surface area contributed by atoms with Crippen LogP contribution in [0.2, 0.25) is 0 Å². The lowest BCUT2D eigenvalue weighted by atomic mass is 10.4. The molecule has 7 nitrogen and oxygen atoms in total. The van der Waals surface area contributed by atoms with Gasteiger partial charge in [0.05, 0.1) is 24.4 Å². The van der Waals surface area contributed by atoms with Crippen molar-refractivity contribution in [3.8, 4) is 0 Å². The highest BCUT2D eigenvalue weighted by molar-refractivity contribution is 7.17. The molecule has 8 heteroatoms. The van der Waals surface area contributed by atoms with Crippen LogP contribution >= 0.6 is 11.3 Å². The summed E-state index contributed by atoms with van der Waals surface area (Å²) in [5.74, 6) is -1.99. The third kappa shape index (κ3) is 3.76. The first-order valence-corrected chi connectivity index (χ1v) is 6.54. The number of morpholine rings is 1. The van der Waals surface area contributed by atoms with E-state index in [1.54, 1.807) is 11.3 Å². The SMILES string of the molecule is NC(=O)C(=O)N/N=C/c1ccc(N2CCOCC2)s1. The number of amides is 2. The van der Waals surface area contributed by atoms with Crippen LogP contribution in [0.15, 0.2) is 17.2 Å². The minimum absolute atomic E-state index is 0.732. The molecule has 1 aliphatic rings. The second-order valence-corrected chi connectivity index (χ2v) is 4.93. The van der Waals surface area contributed by atoms with E-state index in [1.807, 2.05) is 17.6 Å². The largest absolute Gasteiger partial charge is 0.378 e. The van der Waals surface area contributed by atoms with Gasteiger partial charge >= 0.3 is 11.8 Å². The van der Waals surface area contributed by atoms with Gasteiger partial charge in [0.2, 0.25) is 0 Å². The molecule has 3 N–H and O–H groups in total. The van der Waals surface area contributed by atoms with Gasteiger partial charge in [-0.15, -0.1) is 11.3 Å². The number of hydrogen-bond acceptors (Lipinski definition) is 6. The van der Waals surface area contributed by atoms with Crippen molar-refractivity contribution < 1.29 is 14.3 Å². The summed E-state index contributed by atoms with van der Waals surface area (Å²) in [7, 11) is 0. The molecular weight excluding hydrogens is 268 g/mol. The summed E-state index contributed by atoms with van der Waals surface area (Å²) >= 11 is 1.55. The Morgan fingerprint density at radius 2 is 2.16 bits per heavy atom. The Bertz CT molecular complexity index is 494. The number of hydrogen-bond donors (Lipinski definition) is 2. The second-order valence-electron chi connectivity index (χ2n) is 3.84. The molecule has 1 aromatic heterocycles. The molecule has 0 unspecified atom stereocenters. The number of primary amides is 1. The molecule has 0 aliphatic carbocycles. The van der Waals surface area contributed by atoms with E-state index in [4.69, 9.17) is 10.5 Å².